The zero-order valence-corrected chi connectivity index (χ0v) is 9.89. The first kappa shape index (κ1) is 12.5. The average molecular weight is 248 g/mol. The van der Waals surface area contributed by atoms with E-state index in [0.717, 1.165) is 0 Å². The molecule has 2 rings (SSSR count). The Labute approximate surface area is 104 Å². The van der Waals surface area contributed by atoms with E-state index in [9.17, 15) is 9.18 Å². The van der Waals surface area contributed by atoms with Crippen LogP contribution in [0.3, 0.4) is 0 Å². The van der Waals surface area contributed by atoms with Gasteiger partial charge in [0.15, 0.2) is 0 Å². The summed E-state index contributed by atoms with van der Waals surface area (Å²) in [6.07, 6.45) is 0.335. The van der Waals surface area contributed by atoms with E-state index in [0.29, 0.717) is 12.0 Å². The van der Waals surface area contributed by atoms with Crippen LogP contribution in [0.2, 0.25) is 0 Å². The summed E-state index contributed by atoms with van der Waals surface area (Å²) < 4.78 is 18.3. The summed E-state index contributed by atoms with van der Waals surface area (Å²) in [4.78, 5) is 11.4. The Morgan fingerprint density at radius 3 is 2.89 bits per heavy atom. The lowest BCUT2D eigenvalue weighted by atomic mass is 9.94. The number of methoxy groups -OCH3 is 1. The van der Waals surface area contributed by atoms with Gasteiger partial charge in [-0.3, -0.25) is 10.1 Å². The first-order chi connectivity index (χ1) is 8.67. The molecule has 1 heterocycles. The van der Waals surface area contributed by atoms with Gasteiger partial charge >= 0.3 is 5.97 Å². The summed E-state index contributed by atoms with van der Waals surface area (Å²) in [6.45, 7) is 0. The predicted molar refractivity (Wildman–Crippen MR) is 61.8 cm³/mol. The van der Waals surface area contributed by atoms with E-state index in [-0.39, 0.29) is 5.82 Å². The minimum absolute atomic E-state index is 0.335. The lowest BCUT2D eigenvalue weighted by Gasteiger charge is -2.15. The molecule has 0 aliphatic carbocycles. The van der Waals surface area contributed by atoms with Crippen LogP contribution in [0.1, 0.15) is 18.0 Å². The summed E-state index contributed by atoms with van der Waals surface area (Å²) in [7, 11) is 1.29. The molecular formula is C13H13FN2O2. The second-order valence-corrected chi connectivity index (χ2v) is 4.21. The Hall–Kier alpha value is -1.93. The van der Waals surface area contributed by atoms with Gasteiger partial charge in [0.05, 0.1) is 25.1 Å². The maximum Gasteiger partial charge on any atom is 0.322 e. The van der Waals surface area contributed by atoms with Crippen LogP contribution in [0.25, 0.3) is 0 Å². The minimum atomic E-state index is -0.552. The third-order valence-corrected chi connectivity index (χ3v) is 3.16. The zero-order chi connectivity index (χ0) is 13.1. The standard InChI is InChI=1S/C13H13FN2O2/c1-18-13(17)11-6-8(7-15)12(16-11)9-4-2-3-5-10(9)14/h2-5,8,11-12,16H,6H2,1H3/t8-,11+,12-/m1/s1. The highest BCUT2D eigenvalue weighted by atomic mass is 19.1. The number of esters is 1. The molecule has 3 atom stereocenters. The molecule has 1 aliphatic heterocycles. The van der Waals surface area contributed by atoms with E-state index < -0.39 is 24.0 Å². The van der Waals surface area contributed by atoms with Crippen molar-refractivity contribution in [1.82, 2.24) is 5.32 Å². The third-order valence-electron chi connectivity index (χ3n) is 3.16. The SMILES string of the molecule is COC(=O)[C@@H]1C[C@H](C#N)[C@H](c2ccccc2F)N1. The molecule has 1 N–H and O–H groups in total. The summed E-state index contributed by atoms with van der Waals surface area (Å²) >= 11 is 0. The third kappa shape index (κ3) is 2.20. The Bertz CT molecular complexity index is 498. The van der Waals surface area contributed by atoms with E-state index in [1.165, 1.54) is 13.2 Å². The first-order valence-corrected chi connectivity index (χ1v) is 5.65. The molecule has 0 amide bonds. The second-order valence-electron chi connectivity index (χ2n) is 4.21. The van der Waals surface area contributed by atoms with Crippen molar-refractivity contribution in [3.63, 3.8) is 0 Å². The number of benzene rings is 1. The maximum absolute atomic E-state index is 13.7. The molecular weight excluding hydrogens is 235 g/mol. The topological polar surface area (TPSA) is 62.1 Å². The molecule has 0 unspecified atom stereocenters. The highest BCUT2D eigenvalue weighted by Crippen LogP contribution is 2.33. The van der Waals surface area contributed by atoms with Gasteiger partial charge in [0, 0.05) is 5.56 Å². The van der Waals surface area contributed by atoms with Gasteiger partial charge in [-0.05, 0) is 12.5 Å². The minimum Gasteiger partial charge on any atom is -0.468 e. The fraction of sp³-hybridized carbons (Fsp3) is 0.385. The van der Waals surface area contributed by atoms with Crippen LogP contribution in [0.4, 0.5) is 4.39 Å². The number of hydrogen-bond donors (Lipinski definition) is 1. The Morgan fingerprint density at radius 2 is 2.28 bits per heavy atom. The number of carbonyl (C=O) groups excluding carboxylic acids is 1. The molecule has 0 saturated carbocycles. The Kier molecular flexibility index (Phi) is 3.58. The van der Waals surface area contributed by atoms with Crippen molar-refractivity contribution < 1.29 is 13.9 Å². The number of nitriles is 1. The van der Waals surface area contributed by atoms with Crippen molar-refractivity contribution in [3.8, 4) is 6.07 Å². The molecule has 1 aromatic carbocycles. The van der Waals surface area contributed by atoms with Crippen LogP contribution < -0.4 is 5.32 Å². The predicted octanol–water partition coefficient (Wildman–Crippen LogP) is 1.54. The molecule has 94 valence electrons. The van der Waals surface area contributed by atoms with Crippen molar-refractivity contribution in [2.75, 3.05) is 7.11 Å². The second kappa shape index (κ2) is 5.15. The molecule has 5 heteroatoms. The summed E-state index contributed by atoms with van der Waals surface area (Å²) in [5.74, 6) is -1.24. The van der Waals surface area contributed by atoms with Gasteiger partial charge in [0.1, 0.15) is 11.9 Å². The Morgan fingerprint density at radius 1 is 1.56 bits per heavy atom. The van der Waals surface area contributed by atoms with Crippen LogP contribution in [0, 0.1) is 23.1 Å². The van der Waals surface area contributed by atoms with E-state index >= 15 is 0 Å². The fourth-order valence-corrected chi connectivity index (χ4v) is 2.26. The summed E-state index contributed by atoms with van der Waals surface area (Å²) in [5.41, 5.74) is 0.412. The number of nitrogens with one attached hydrogen (secondary N) is 1. The van der Waals surface area contributed by atoms with Crippen LogP contribution >= 0.6 is 0 Å². The maximum atomic E-state index is 13.7. The van der Waals surface area contributed by atoms with E-state index in [1.807, 2.05) is 0 Å². The van der Waals surface area contributed by atoms with Crippen molar-refractivity contribution in [1.29, 1.82) is 5.26 Å². The normalized spacial score (nSPS) is 26.6. The summed E-state index contributed by atoms with van der Waals surface area (Å²) in [6, 6.07) is 7.35. The van der Waals surface area contributed by atoms with Gasteiger partial charge in [-0.15, -0.1) is 0 Å². The molecule has 1 saturated heterocycles. The van der Waals surface area contributed by atoms with Gasteiger partial charge in [0.25, 0.3) is 0 Å². The largest absolute Gasteiger partial charge is 0.468 e. The summed E-state index contributed by atoms with van der Waals surface area (Å²) in [5, 5.41) is 12.1. The molecule has 1 aliphatic rings. The fourth-order valence-electron chi connectivity index (χ4n) is 2.26. The van der Waals surface area contributed by atoms with Crippen LogP contribution in [0.5, 0.6) is 0 Å². The van der Waals surface area contributed by atoms with Gasteiger partial charge < -0.3 is 4.74 Å². The lowest BCUT2D eigenvalue weighted by molar-refractivity contribution is -0.142. The van der Waals surface area contributed by atoms with E-state index in [4.69, 9.17) is 5.26 Å². The number of halogens is 1. The molecule has 0 aromatic heterocycles. The lowest BCUT2D eigenvalue weighted by Crippen LogP contribution is -2.33. The van der Waals surface area contributed by atoms with E-state index in [1.54, 1.807) is 18.2 Å². The number of rotatable bonds is 2. The highest BCUT2D eigenvalue weighted by molar-refractivity contribution is 5.76. The van der Waals surface area contributed by atoms with Crippen molar-refractivity contribution >= 4 is 5.97 Å². The average Bonchev–Trinajstić information content (AvgIpc) is 2.82. The van der Waals surface area contributed by atoms with Crippen LogP contribution in [-0.2, 0) is 9.53 Å². The molecule has 0 bridgehead atoms. The molecule has 4 nitrogen and oxygen atoms in total. The number of nitrogens with zero attached hydrogens (tertiary/aromatic N) is 1. The number of carbonyl (C=O) groups is 1. The number of ether oxygens (including phenoxy) is 1. The smallest absolute Gasteiger partial charge is 0.322 e. The van der Waals surface area contributed by atoms with Crippen molar-refractivity contribution in [2.45, 2.75) is 18.5 Å². The van der Waals surface area contributed by atoms with Gasteiger partial charge in [-0.1, -0.05) is 18.2 Å². The molecule has 18 heavy (non-hydrogen) atoms. The van der Waals surface area contributed by atoms with Gasteiger partial charge in [-0.2, -0.15) is 5.26 Å². The molecule has 1 fully saturated rings. The number of hydrogen-bond acceptors (Lipinski definition) is 4. The molecule has 0 radical (unpaired) electrons. The van der Waals surface area contributed by atoms with Gasteiger partial charge in [0.2, 0.25) is 0 Å². The molecule has 0 spiro atoms. The Balaban J connectivity index is 2.26. The quantitative estimate of drug-likeness (QED) is 0.806. The van der Waals surface area contributed by atoms with Crippen LogP contribution in [0.15, 0.2) is 24.3 Å². The first-order valence-electron chi connectivity index (χ1n) is 5.65. The highest BCUT2D eigenvalue weighted by Gasteiger charge is 2.39. The van der Waals surface area contributed by atoms with Crippen molar-refractivity contribution in [3.05, 3.63) is 35.6 Å². The van der Waals surface area contributed by atoms with E-state index in [2.05, 4.69) is 16.1 Å². The van der Waals surface area contributed by atoms with Crippen molar-refractivity contribution in [2.24, 2.45) is 5.92 Å². The van der Waals surface area contributed by atoms with Crippen LogP contribution in [-0.4, -0.2) is 19.1 Å². The monoisotopic (exact) mass is 248 g/mol. The molecule has 1 aromatic rings. The zero-order valence-electron chi connectivity index (χ0n) is 9.89. The van der Waals surface area contributed by atoms with Gasteiger partial charge in [-0.25, -0.2) is 4.39 Å².